The van der Waals surface area contributed by atoms with Crippen LogP contribution in [0.1, 0.15) is 54.4 Å². The molecule has 0 spiro atoms. The Bertz CT molecular complexity index is 706. The Kier molecular flexibility index (Phi) is 5.98. The van der Waals surface area contributed by atoms with Crippen molar-refractivity contribution < 1.29 is 27.5 Å². The lowest BCUT2D eigenvalue weighted by molar-refractivity contribution is -0.141. The molecule has 0 aromatic heterocycles. The van der Waals surface area contributed by atoms with Crippen LogP contribution in [-0.4, -0.2) is 42.0 Å². The van der Waals surface area contributed by atoms with Crippen molar-refractivity contribution in [3.63, 3.8) is 0 Å². The van der Waals surface area contributed by atoms with Crippen LogP contribution >= 0.6 is 0 Å². The molecular weight excluding hydrogens is 373 g/mol. The molecule has 154 valence electrons. The number of alkyl halides is 3. The van der Waals surface area contributed by atoms with Gasteiger partial charge in [0.1, 0.15) is 0 Å². The Balaban J connectivity index is 1.73. The molecule has 2 N–H and O–H groups in total. The summed E-state index contributed by atoms with van der Waals surface area (Å²) in [6, 6.07) is 4.06. The summed E-state index contributed by atoms with van der Waals surface area (Å²) in [4.78, 5) is 26.4. The second-order valence-corrected chi connectivity index (χ2v) is 7.70. The van der Waals surface area contributed by atoms with Crippen molar-refractivity contribution >= 4 is 11.9 Å². The molecule has 3 rings (SSSR count). The maximum atomic E-state index is 13.0. The fourth-order valence-electron chi connectivity index (χ4n) is 4.50. The zero-order valence-corrected chi connectivity index (χ0v) is 15.7. The predicted octanol–water partition coefficient (Wildman–Crippen LogP) is 3.37. The first-order valence-electron chi connectivity index (χ1n) is 9.53. The van der Waals surface area contributed by atoms with Crippen LogP contribution in [0.15, 0.2) is 24.3 Å². The van der Waals surface area contributed by atoms with Crippen molar-refractivity contribution in [2.24, 2.45) is 11.7 Å². The average Bonchev–Trinajstić information content (AvgIpc) is 2.65. The van der Waals surface area contributed by atoms with Crippen LogP contribution in [0.25, 0.3) is 0 Å². The van der Waals surface area contributed by atoms with Gasteiger partial charge in [0.2, 0.25) is 0 Å². The standard InChI is InChI=1S/C20H25F3N2O3/c1-28-18(26)11-17(24)13-9-15-3-2-4-16(10-13)25(15)19(27)12-5-7-14(8-6-12)20(21,22)23/h5-8,13,15-17H,2-4,9-11,24H2,1H3. The Morgan fingerprint density at radius 2 is 1.75 bits per heavy atom. The van der Waals surface area contributed by atoms with E-state index in [0.717, 1.165) is 31.4 Å². The van der Waals surface area contributed by atoms with Gasteiger partial charge in [-0.25, -0.2) is 0 Å². The molecule has 8 heteroatoms. The zero-order valence-electron chi connectivity index (χ0n) is 15.7. The molecule has 2 aliphatic heterocycles. The van der Waals surface area contributed by atoms with Crippen LogP contribution in [0.3, 0.4) is 0 Å². The largest absolute Gasteiger partial charge is 0.469 e. The number of halogens is 3. The van der Waals surface area contributed by atoms with Crippen molar-refractivity contribution in [2.75, 3.05) is 7.11 Å². The molecule has 5 nitrogen and oxygen atoms in total. The lowest BCUT2D eigenvalue weighted by Crippen LogP contribution is -2.57. The number of nitrogens with zero attached hydrogens (tertiary/aromatic N) is 1. The summed E-state index contributed by atoms with van der Waals surface area (Å²) >= 11 is 0. The summed E-state index contributed by atoms with van der Waals surface area (Å²) in [5, 5.41) is 0. The Labute approximate surface area is 162 Å². The first-order chi connectivity index (χ1) is 13.2. The third kappa shape index (κ3) is 4.32. The summed E-state index contributed by atoms with van der Waals surface area (Å²) in [5.41, 5.74) is 5.71. The maximum Gasteiger partial charge on any atom is 0.416 e. The fraction of sp³-hybridized carbons (Fsp3) is 0.600. The van der Waals surface area contributed by atoms with E-state index in [1.807, 2.05) is 4.90 Å². The first kappa shape index (κ1) is 20.6. The minimum atomic E-state index is -4.42. The molecule has 2 heterocycles. The van der Waals surface area contributed by atoms with Gasteiger partial charge in [0.05, 0.1) is 19.1 Å². The molecule has 2 bridgehead atoms. The number of amides is 1. The van der Waals surface area contributed by atoms with E-state index < -0.39 is 11.7 Å². The van der Waals surface area contributed by atoms with E-state index in [-0.39, 0.29) is 47.9 Å². The van der Waals surface area contributed by atoms with Gasteiger partial charge in [0.25, 0.3) is 5.91 Å². The van der Waals surface area contributed by atoms with Gasteiger partial charge >= 0.3 is 12.1 Å². The molecule has 2 saturated heterocycles. The van der Waals surface area contributed by atoms with Gasteiger partial charge < -0.3 is 15.4 Å². The SMILES string of the molecule is COC(=O)CC(N)C1CC2CCCC(C1)N2C(=O)c1ccc(C(F)(F)F)cc1. The highest BCUT2D eigenvalue weighted by Crippen LogP contribution is 2.39. The van der Waals surface area contributed by atoms with E-state index in [0.29, 0.717) is 12.8 Å². The molecule has 0 radical (unpaired) electrons. The van der Waals surface area contributed by atoms with Crippen LogP contribution in [0, 0.1) is 5.92 Å². The number of methoxy groups -OCH3 is 1. The van der Waals surface area contributed by atoms with E-state index in [9.17, 15) is 22.8 Å². The van der Waals surface area contributed by atoms with E-state index in [2.05, 4.69) is 0 Å². The summed E-state index contributed by atoms with van der Waals surface area (Å²) in [5.74, 6) is -0.463. The number of esters is 1. The number of ether oxygens (including phenoxy) is 1. The van der Waals surface area contributed by atoms with Gasteiger partial charge in [0.15, 0.2) is 0 Å². The third-order valence-corrected chi connectivity index (χ3v) is 5.94. The smallest absolute Gasteiger partial charge is 0.416 e. The molecule has 2 fully saturated rings. The normalized spacial score (nSPS) is 25.9. The van der Waals surface area contributed by atoms with Crippen LogP contribution in [0.5, 0.6) is 0 Å². The number of rotatable bonds is 4. The van der Waals surface area contributed by atoms with E-state index >= 15 is 0 Å². The quantitative estimate of drug-likeness (QED) is 0.790. The van der Waals surface area contributed by atoms with Crippen LogP contribution in [0.2, 0.25) is 0 Å². The summed E-state index contributed by atoms with van der Waals surface area (Å²) in [6.45, 7) is 0. The summed E-state index contributed by atoms with van der Waals surface area (Å²) in [7, 11) is 1.33. The van der Waals surface area contributed by atoms with Gasteiger partial charge in [-0.1, -0.05) is 0 Å². The number of hydrogen-bond acceptors (Lipinski definition) is 4. The van der Waals surface area contributed by atoms with Gasteiger partial charge in [-0.2, -0.15) is 13.2 Å². The minimum absolute atomic E-state index is 0.00371. The second-order valence-electron chi connectivity index (χ2n) is 7.70. The van der Waals surface area contributed by atoms with Crippen LogP contribution < -0.4 is 5.73 Å². The number of fused-ring (bicyclic) bond motifs is 2. The highest BCUT2D eigenvalue weighted by molar-refractivity contribution is 5.94. The molecule has 1 aromatic carbocycles. The second kappa shape index (κ2) is 8.11. The lowest BCUT2D eigenvalue weighted by Gasteiger charge is -2.50. The number of nitrogens with two attached hydrogens (primary N) is 1. The number of benzene rings is 1. The van der Waals surface area contributed by atoms with Gasteiger partial charge in [-0.15, -0.1) is 0 Å². The number of carbonyl (C=O) groups is 2. The minimum Gasteiger partial charge on any atom is -0.469 e. The summed E-state index contributed by atoms with van der Waals surface area (Å²) in [6.07, 6.45) is -0.207. The highest BCUT2D eigenvalue weighted by atomic mass is 19.4. The third-order valence-electron chi connectivity index (χ3n) is 5.94. The predicted molar refractivity (Wildman–Crippen MR) is 96.4 cm³/mol. The van der Waals surface area contributed by atoms with Crippen molar-refractivity contribution in [3.05, 3.63) is 35.4 Å². The number of piperidine rings is 2. The zero-order chi connectivity index (χ0) is 20.5. The van der Waals surface area contributed by atoms with E-state index in [1.165, 1.54) is 19.2 Å². The molecular formula is C20H25F3N2O3. The van der Waals surface area contributed by atoms with Crippen LogP contribution in [0.4, 0.5) is 13.2 Å². The average molecular weight is 398 g/mol. The Morgan fingerprint density at radius 1 is 1.18 bits per heavy atom. The molecule has 3 atom stereocenters. The van der Waals surface area contributed by atoms with Crippen molar-refractivity contribution in [1.82, 2.24) is 4.90 Å². The Morgan fingerprint density at radius 3 is 2.25 bits per heavy atom. The van der Waals surface area contributed by atoms with Crippen molar-refractivity contribution in [3.8, 4) is 0 Å². The fourth-order valence-corrected chi connectivity index (χ4v) is 4.50. The van der Waals surface area contributed by atoms with Crippen molar-refractivity contribution in [2.45, 2.75) is 62.8 Å². The number of carbonyl (C=O) groups excluding carboxylic acids is 2. The summed E-state index contributed by atoms with van der Waals surface area (Å²) < 4.78 is 43.0. The van der Waals surface area contributed by atoms with E-state index in [4.69, 9.17) is 10.5 Å². The first-order valence-corrected chi connectivity index (χ1v) is 9.53. The monoisotopic (exact) mass is 398 g/mol. The van der Waals surface area contributed by atoms with Gasteiger partial charge in [-0.05, 0) is 62.3 Å². The number of hydrogen-bond donors (Lipinski definition) is 1. The molecule has 0 aliphatic carbocycles. The van der Waals surface area contributed by atoms with E-state index in [1.54, 1.807) is 0 Å². The maximum absolute atomic E-state index is 13.0. The molecule has 1 amide bonds. The molecule has 2 aliphatic rings. The molecule has 3 unspecified atom stereocenters. The molecule has 28 heavy (non-hydrogen) atoms. The molecule has 0 saturated carbocycles. The molecule has 1 aromatic rings. The van der Waals surface area contributed by atoms with Crippen molar-refractivity contribution in [1.29, 1.82) is 0 Å². The van der Waals surface area contributed by atoms with Gasteiger partial charge in [-0.3, -0.25) is 9.59 Å². The van der Waals surface area contributed by atoms with Crippen LogP contribution in [-0.2, 0) is 15.7 Å². The van der Waals surface area contributed by atoms with Gasteiger partial charge in [0, 0.05) is 23.7 Å². The topological polar surface area (TPSA) is 72.6 Å². The highest BCUT2D eigenvalue weighted by Gasteiger charge is 2.43. The Hall–Kier alpha value is -2.09. The lowest BCUT2D eigenvalue weighted by atomic mass is 9.74.